The van der Waals surface area contributed by atoms with E-state index in [4.69, 9.17) is 5.26 Å². The molecule has 0 bridgehead atoms. The van der Waals surface area contributed by atoms with Crippen molar-refractivity contribution in [2.45, 2.75) is 46.0 Å². The van der Waals surface area contributed by atoms with Gasteiger partial charge in [-0.2, -0.15) is 0 Å². The highest BCUT2D eigenvalue weighted by molar-refractivity contribution is 9.10. The molecule has 6 nitrogen and oxygen atoms in total. The van der Waals surface area contributed by atoms with Gasteiger partial charge >= 0.3 is 0 Å². The molecule has 4 heterocycles. The van der Waals surface area contributed by atoms with Crippen molar-refractivity contribution in [3.05, 3.63) is 330 Å². The number of aromatic nitrogens is 4. The van der Waals surface area contributed by atoms with Gasteiger partial charge in [0, 0.05) is 91.9 Å². The molecule has 0 spiro atoms. The second kappa shape index (κ2) is 23.4. The predicted octanol–water partition coefficient (Wildman–Crippen LogP) is 25.4. The Bertz CT molecular complexity index is 6200. The summed E-state index contributed by atoms with van der Waals surface area (Å²) in [5.74, 6) is 0.434. The molecule has 3 N–H and O–H groups in total. The summed E-state index contributed by atoms with van der Waals surface area (Å²) >= 11 is 3.60. The molecule has 18 aromatic rings. The molecule has 0 radical (unpaired) electrons. The molecule has 2 aliphatic rings. The van der Waals surface area contributed by atoms with Gasteiger partial charge in [0.05, 0.1) is 33.1 Å². The minimum Gasteiger partial charge on any atom is -0.354 e. The van der Waals surface area contributed by atoms with Crippen LogP contribution >= 0.6 is 15.9 Å². The Morgan fingerprint density at radius 1 is 0.316 bits per heavy atom. The molecule has 0 aliphatic heterocycles. The monoisotopic (exact) mass is 1330 g/mol. The third-order valence-electron chi connectivity index (χ3n) is 20.8. The summed E-state index contributed by atoms with van der Waals surface area (Å²) < 4.78 is 5.77. The lowest BCUT2D eigenvalue weighted by molar-refractivity contribution is -0.137. The van der Waals surface area contributed by atoms with Crippen molar-refractivity contribution < 1.29 is 10.1 Å². The average Bonchev–Trinajstić information content (AvgIpc) is 1.57. The standard InChI is InChI=1S/C45H32N2.C24H17NO2.C21H16BrN.CH4/c1-45(2)38-17-8-6-16-35(38)43-39(45)22-21-34-36-26-30(19-23-40(36)46-44(34)43)31-20-24-42-37(27-31)33-15-7-9-18-41(33)47(42)32-14-10-13-29(25-32)28-11-4-3-5-12-28;26-27-20-13-14-24-22(16-20)21-11-4-5-12-23(21)25(24)19-10-6-9-18(15-19)17-7-2-1-3-8-17;1-21(2)16-6-4-3-5-14(16)19-17(21)9-8-13-15-11-12(22)7-10-18(15)23-20(13)19;/h3-27,46H,1-2H3;1-16,26H;3-11,23H,1-2H3;1H4. The summed E-state index contributed by atoms with van der Waals surface area (Å²) in [5.41, 5.74) is 30.1. The van der Waals surface area contributed by atoms with Crippen LogP contribution in [-0.4, -0.2) is 24.4 Å². The highest BCUT2D eigenvalue weighted by Crippen LogP contribution is 2.54. The molecule has 472 valence electrons. The van der Waals surface area contributed by atoms with E-state index in [-0.39, 0.29) is 18.3 Å². The Labute approximate surface area is 577 Å². The van der Waals surface area contributed by atoms with Gasteiger partial charge in [-0.15, -0.1) is 0 Å². The number of rotatable bonds is 6. The van der Waals surface area contributed by atoms with Gasteiger partial charge in [0.15, 0.2) is 5.75 Å². The number of nitrogens with zero attached hydrogens (tertiary/aromatic N) is 2. The van der Waals surface area contributed by atoms with Gasteiger partial charge in [0.1, 0.15) is 0 Å². The number of aromatic amines is 2. The molecule has 0 amide bonds. The zero-order valence-electron chi connectivity index (χ0n) is 54.0. The minimum atomic E-state index is -0.0139. The van der Waals surface area contributed by atoms with E-state index in [2.05, 4.69) is 335 Å². The summed E-state index contributed by atoms with van der Waals surface area (Å²) in [6.45, 7) is 9.33. The summed E-state index contributed by atoms with van der Waals surface area (Å²) in [6.07, 6.45) is 0. The molecule has 2 aliphatic carbocycles. The zero-order valence-corrected chi connectivity index (χ0v) is 55.6. The fourth-order valence-electron chi connectivity index (χ4n) is 16.1. The van der Waals surface area contributed by atoms with E-state index in [1.165, 1.54) is 149 Å². The molecule has 0 fully saturated rings. The molecule has 14 aromatic carbocycles. The molecule has 98 heavy (non-hydrogen) atoms. The highest BCUT2D eigenvalue weighted by Gasteiger charge is 2.38. The third-order valence-corrected chi connectivity index (χ3v) is 21.3. The molecule has 20 rings (SSSR count). The quantitative estimate of drug-likeness (QED) is 0.115. The average molecular weight is 1330 g/mol. The second-order valence-electron chi connectivity index (χ2n) is 26.9. The smallest absolute Gasteiger partial charge is 0.165 e. The molecule has 0 saturated heterocycles. The van der Waals surface area contributed by atoms with Gasteiger partial charge in [0.25, 0.3) is 0 Å². The number of para-hydroxylation sites is 2. The fourth-order valence-corrected chi connectivity index (χ4v) is 16.5. The van der Waals surface area contributed by atoms with E-state index in [0.29, 0.717) is 5.75 Å². The maximum atomic E-state index is 9.05. The first kappa shape index (κ1) is 60.2. The maximum absolute atomic E-state index is 9.05. The summed E-state index contributed by atoms with van der Waals surface area (Å²) in [7, 11) is 0. The Hall–Kier alpha value is -11.5. The van der Waals surface area contributed by atoms with Crippen LogP contribution in [0.15, 0.2) is 308 Å². The van der Waals surface area contributed by atoms with Crippen molar-refractivity contribution in [2.24, 2.45) is 0 Å². The Morgan fingerprint density at radius 3 is 1.26 bits per heavy atom. The second-order valence-corrected chi connectivity index (χ2v) is 27.8. The van der Waals surface area contributed by atoms with Gasteiger partial charge in [-0.3, -0.25) is 0 Å². The summed E-state index contributed by atoms with van der Waals surface area (Å²) in [6, 6.07) is 108. The zero-order chi connectivity index (χ0) is 65.3. The van der Waals surface area contributed by atoms with Gasteiger partial charge in [-0.1, -0.05) is 257 Å². The van der Waals surface area contributed by atoms with Gasteiger partial charge in [-0.25, -0.2) is 5.26 Å². The topological polar surface area (TPSA) is 70.9 Å². The Kier molecular flexibility index (Phi) is 14.4. The number of H-pyrrole nitrogens is 2. The van der Waals surface area contributed by atoms with Crippen molar-refractivity contribution in [1.82, 2.24) is 19.1 Å². The van der Waals surface area contributed by atoms with Crippen molar-refractivity contribution >= 4 is 103 Å². The van der Waals surface area contributed by atoms with E-state index in [1.807, 2.05) is 30.3 Å². The van der Waals surface area contributed by atoms with Crippen molar-refractivity contribution in [2.75, 3.05) is 0 Å². The van der Waals surface area contributed by atoms with Crippen LogP contribution in [0.5, 0.6) is 5.75 Å². The van der Waals surface area contributed by atoms with Crippen molar-refractivity contribution in [1.29, 1.82) is 0 Å². The van der Waals surface area contributed by atoms with E-state index in [0.717, 1.165) is 32.0 Å². The fraction of sp³-hybridized carbons (Fsp3) is 0.0769. The van der Waals surface area contributed by atoms with Gasteiger partial charge < -0.3 is 24.0 Å². The first-order valence-electron chi connectivity index (χ1n) is 33.2. The molecule has 4 aromatic heterocycles. The molecule has 0 atom stereocenters. The largest absolute Gasteiger partial charge is 0.354 e. The SMILES string of the molecule is C.CC1(C)c2ccccc2-c2c1ccc1c2[nH]c2ccc(-c3ccc4c(c3)c3ccccc3n4-c3cccc(-c4ccccc4)c3)cc21.CC1(C)c2ccccc2-c2c1ccc1c2[nH]c2ccc(Br)cc21.OOc1ccc2c(c1)c1ccccc1n2-c1cccc(-c2ccccc2)c1. The third kappa shape index (κ3) is 9.55. The Balaban J connectivity index is 0.000000120. The molecule has 7 heteroatoms. The number of hydrogen-bond donors (Lipinski definition) is 3. The van der Waals surface area contributed by atoms with E-state index < -0.39 is 0 Å². The first-order chi connectivity index (χ1) is 47.5. The Morgan fingerprint density at radius 2 is 0.724 bits per heavy atom. The summed E-state index contributed by atoms with van der Waals surface area (Å²) in [5, 5.41) is 18.9. The lowest BCUT2D eigenvalue weighted by Gasteiger charge is -2.21. The van der Waals surface area contributed by atoms with Gasteiger partial charge in [-0.05, 0) is 164 Å². The van der Waals surface area contributed by atoms with E-state index >= 15 is 0 Å². The van der Waals surface area contributed by atoms with Crippen LogP contribution in [-0.2, 0) is 10.8 Å². The maximum Gasteiger partial charge on any atom is 0.165 e. The van der Waals surface area contributed by atoms with E-state index in [9.17, 15) is 0 Å². The molecule has 0 unspecified atom stereocenters. The van der Waals surface area contributed by atoms with E-state index in [1.54, 1.807) is 6.07 Å². The van der Waals surface area contributed by atoms with Crippen LogP contribution in [0, 0.1) is 0 Å². The van der Waals surface area contributed by atoms with Crippen LogP contribution in [0.3, 0.4) is 0 Å². The number of benzene rings is 14. The van der Waals surface area contributed by atoms with Crippen LogP contribution < -0.4 is 4.89 Å². The van der Waals surface area contributed by atoms with Crippen LogP contribution in [0.25, 0.3) is 154 Å². The number of nitrogens with one attached hydrogen (secondary N) is 2. The summed E-state index contributed by atoms with van der Waals surface area (Å²) in [4.78, 5) is 11.9. The number of halogens is 1. The number of hydrogen-bond acceptors (Lipinski definition) is 2. The van der Waals surface area contributed by atoms with Crippen molar-refractivity contribution in [3.8, 4) is 72.8 Å². The van der Waals surface area contributed by atoms with Crippen LogP contribution in [0.4, 0.5) is 0 Å². The lowest BCUT2D eigenvalue weighted by Crippen LogP contribution is -2.14. The van der Waals surface area contributed by atoms with Crippen molar-refractivity contribution in [3.63, 3.8) is 0 Å². The number of fused-ring (bicyclic) bond motifs is 20. The lowest BCUT2D eigenvalue weighted by atomic mass is 9.82. The van der Waals surface area contributed by atoms with Crippen LogP contribution in [0.1, 0.15) is 57.4 Å². The molecular weight excluding hydrogens is 1260 g/mol. The predicted molar refractivity (Wildman–Crippen MR) is 416 cm³/mol. The minimum absolute atomic E-state index is 0. The van der Waals surface area contributed by atoms with Crippen LogP contribution in [0.2, 0.25) is 0 Å². The molecular formula is C91H69BrN4O2. The van der Waals surface area contributed by atoms with Gasteiger partial charge in [0.2, 0.25) is 0 Å². The highest BCUT2D eigenvalue weighted by atomic mass is 79.9. The normalized spacial score (nSPS) is 13.1. The molecule has 0 saturated carbocycles. The first-order valence-corrected chi connectivity index (χ1v) is 34.0.